The van der Waals surface area contributed by atoms with Crippen molar-refractivity contribution in [1.82, 2.24) is 15.6 Å². The number of hydrogen-bond donors (Lipinski definition) is 2. The number of rotatable bonds is 7. The summed E-state index contributed by atoms with van der Waals surface area (Å²) in [5.74, 6) is -0.831. The number of alkyl halides is 5. The molecule has 0 fully saturated rings. The molecule has 162 valence electrons. The highest BCUT2D eigenvalue weighted by molar-refractivity contribution is 14.0. The first-order chi connectivity index (χ1) is 13.2. The van der Waals surface area contributed by atoms with Crippen molar-refractivity contribution in [3.8, 4) is 5.75 Å². The van der Waals surface area contributed by atoms with Gasteiger partial charge in [-0.3, -0.25) is 4.99 Å². The average Bonchev–Trinajstić information content (AvgIpc) is 3.08. The molecule has 0 saturated carbocycles. The second-order valence-electron chi connectivity index (χ2n) is 5.32. The van der Waals surface area contributed by atoms with Crippen LogP contribution < -0.4 is 15.4 Å². The second-order valence-corrected chi connectivity index (χ2v) is 6.26. The van der Waals surface area contributed by atoms with E-state index in [4.69, 9.17) is 0 Å². The van der Waals surface area contributed by atoms with Gasteiger partial charge in [-0.05, 0) is 12.1 Å². The van der Waals surface area contributed by atoms with Crippen LogP contribution in [0, 0.1) is 5.82 Å². The zero-order valence-corrected chi connectivity index (χ0v) is 18.0. The van der Waals surface area contributed by atoms with E-state index >= 15 is 0 Å². The predicted octanol–water partition coefficient (Wildman–Crippen LogP) is 4.43. The summed E-state index contributed by atoms with van der Waals surface area (Å²) in [6, 6.07) is 3.56. The normalized spacial score (nSPS) is 11.9. The van der Waals surface area contributed by atoms with Crippen LogP contribution in [0.25, 0.3) is 0 Å². The second kappa shape index (κ2) is 11.4. The number of aromatic nitrogens is 1. The van der Waals surface area contributed by atoms with Crippen LogP contribution in [0.15, 0.2) is 28.6 Å². The van der Waals surface area contributed by atoms with Crippen LogP contribution in [0.4, 0.5) is 26.3 Å². The van der Waals surface area contributed by atoms with Gasteiger partial charge in [-0.1, -0.05) is 6.07 Å². The van der Waals surface area contributed by atoms with Crippen LogP contribution in [-0.2, 0) is 19.1 Å². The van der Waals surface area contributed by atoms with E-state index in [9.17, 15) is 26.3 Å². The summed E-state index contributed by atoms with van der Waals surface area (Å²) in [6.45, 7) is -3.08. The van der Waals surface area contributed by atoms with Gasteiger partial charge in [0.15, 0.2) is 11.7 Å². The van der Waals surface area contributed by atoms with Gasteiger partial charge in [-0.15, -0.1) is 35.3 Å². The average molecular weight is 554 g/mol. The molecule has 2 aromatic rings. The van der Waals surface area contributed by atoms with Crippen LogP contribution in [-0.4, -0.2) is 31.1 Å². The minimum Gasteiger partial charge on any atom is -0.434 e. The molecule has 1 heterocycles. The van der Waals surface area contributed by atoms with Gasteiger partial charge in [-0.2, -0.15) is 22.0 Å². The summed E-state index contributed by atoms with van der Waals surface area (Å²) in [5, 5.41) is 6.79. The largest absolute Gasteiger partial charge is 0.434 e. The molecule has 0 aliphatic rings. The van der Waals surface area contributed by atoms with Crippen molar-refractivity contribution in [3.05, 3.63) is 45.7 Å². The zero-order valence-electron chi connectivity index (χ0n) is 14.9. The number of halogens is 7. The Bertz CT molecular complexity index is 815. The molecular weight excluding hydrogens is 537 g/mol. The first-order valence-corrected chi connectivity index (χ1v) is 8.77. The summed E-state index contributed by atoms with van der Waals surface area (Å²) < 4.78 is 80.6. The van der Waals surface area contributed by atoms with E-state index < -0.39 is 24.3 Å². The van der Waals surface area contributed by atoms with Gasteiger partial charge < -0.3 is 15.4 Å². The lowest BCUT2D eigenvalue weighted by Gasteiger charge is -2.15. The molecular formula is C16H17F6IN4OS. The minimum absolute atomic E-state index is 0. The third kappa shape index (κ3) is 7.87. The van der Waals surface area contributed by atoms with Gasteiger partial charge >= 0.3 is 12.8 Å². The molecule has 0 radical (unpaired) electrons. The Balaban J connectivity index is 0.00000420. The highest BCUT2D eigenvalue weighted by atomic mass is 127. The van der Waals surface area contributed by atoms with Gasteiger partial charge in [-0.25, -0.2) is 9.37 Å². The number of guanidine groups is 1. The van der Waals surface area contributed by atoms with Crippen LogP contribution in [0.1, 0.15) is 16.3 Å². The lowest BCUT2D eigenvalue weighted by Crippen LogP contribution is -2.38. The number of benzene rings is 1. The molecule has 0 aliphatic carbocycles. The molecule has 1 aromatic carbocycles. The standard InChI is InChI=1S/C16H16F6N4OS.HI/c1-23-15(24-6-5-13-26-12(8-28-13)16(20,21)22)25-7-9-10(17)3-2-4-11(9)27-14(18)19;/h2-4,8,14H,5-7H2,1H3,(H2,23,24,25);1H. The van der Waals surface area contributed by atoms with Crippen LogP contribution in [0.3, 0.4) is 0 Å². The Morgan fingerprint density at radius 1 is 1.28 bits per heavy atom. The molecule has 0 amide bonds. The maximum absolute atomic E-state index is 13.9. The van der Waals surface area contributed by atoms with Gasteiger partial charge in [0.1, 0.15) is 11.6 Å². The third-order valence-corrected chi connectivity index (χ3v) is 4.33. The summed E-state index contributed by atoms with van der Waals surface area (Å²) >= 11 is 0.887. The summed E-state index contributed by atoms with van der Waals surface area (Å²) in [6.07, 6.45) is -4.28. The van der Waals surface area contributed by atoms with Crippen LogP contribution in [0.5, 0.6) is 5.75 Å². The number of aliphatic imine (C=N–C) groups is 1. The number of ether oxygens (including phenoxy) is 1. The van der Waals surface area contributed by atoms with Crippen molar-refractivity contribution in [2.24, 2.45) is 4.99 Å². The Morgan fingerprint density at radius 3 is 2.59 bits per heavy atom. The molecule has 29 heavy (non-hydrogen) atoms. The van der Waals surface area contributed by atoms with E-state index in [2.05, 4.69) is 25.3 Å². The molecule has 0 atom stereocenters. The van der Waals surface area contributed by atoms with E-state index in [0.29, 0.717) is 0 Å². The first-order valence-electron chi connectivity index (χ1n) is 7.89. The molecule has 2 rings (SSSR count). The Morgan fingerprint density at radius 2 is 2.00 bits per heavy atom. The Kier molecular flexibility index (Phi) is 9.95. The van der Waals surface area contributed by atoms with Crippen LogP contribution >= 0.6 is 35.3 Å². The molecule has 13 heteroatoms. The van der Waals surface area contributed by atoms with Gasteiger partial charge in [0.25, 0.3) is 0 Å². The fraction of sp³-hybridized carbons (Fsp3) is 0.375. The van der Waals surface area contributed by atoms with Crippen LogP contribution in [0.2, 0.25) is 0 Å². The quantitative estimate of drug-likeness (QED) is 0.230. The first kappa shape index (κ1) is 25.3. The van der Waals surface area contributed by atoms with Crippen molar-refractivity contribution >= 4 is 41.3 Å². The number of nitrogens with one attached hydrogen (secondary N) is 2. The minimum atomic E-state index is -4.49. The highest BCUT2D eigenvalue weighted by Gasteiger charge is 2.33. The summed E-state index contributed by atoms with van der Waals surface area (Å²) in [4.78, 5) is 7.39. The van der Waals surface area contributed by atoms with E-state index in [1.54, 1.807) is 0 Å². The third-order valence-electron chi connectivity index (χ3n) is 3.42. The maximum atomic E-state index is 13.9. The molecule has 0 bridgehead atoms. The van der Waals surface area contributed by atoms with Gasteiger partial charge in [0, 0.05) is 37.5 Å². The highest BCUT2D eigenvalue weighted by Crippen LogP contribution is 2.30. The number of hydrogen-bond acceptors (Lipinski definition) is 4. The topological polar surface area (TPSA) is 58.5 Å². The molecule has 5 nitrogen and oxygen atoms in total. The van der Waals surface area contributed by atoms with E-state index in [0.717, 1.165) is 22.8 Å². The monoisotopic (exact) mass is 554 g/mol. The summed E-state index contributed by atoms with van der Waals surface area (Å²) in [5.41, 5.74) is -1.05. The number of thiazole rings is 1. The Labute approximate surface area is 183 Å². The lowest BCUT2D eigenvalue weighted by molar-refractivity contribution is -0.140. The fourth-order valence-corrected chi connectivity index (χ4v) is 2.96. The van der Waals surface area contributed by atoms with Gasteiger partial charge in [0.05, 0.1) is 5.01 Å². The van der Waals surface area contributed by atoms with Crippen molar-refractivity contribution in [2.75, 3.05) is 13.6 Å². The fourth-order valence-electron chi connectivity index (χ4n) is 2.15. The van der Waals surface area contributed by atoms with Crippen molar-refractivity contribution in [3.63, 3.8) is 0 Å². The lowest BCUT2D eigenvalue weighted by atomic mass is 10.2. The molecule has 0 aliphatic heterocycles. The van der Waals surface area contributed by atoms with E-state index in [-0.39, 0.29) is 65.8 Å². The Hall–Kier alpha value is -1.77. The SMILES string of the molecule is CN=C(NCCc1nc(C(F)(F)F)cs1)NCc1c(F)cccc1OC(F)F.I. The smallest absolute Gasteiger partial charge is 0.434 e. The molecule has 0 saturated heterocycles. The number of nitrogens with zero attached hydrogens (tertiary/aromatic N) is 2. The van der Waals surface area contributed by atoms with Gasteiger partial charge in [0.2, 0.25) is 0 Å². The van der Waals surface area contributed by atoms with E-state index in [1.807, 2.05) is 0 Å². The molecule has 0 spiro atoms. The maximum Gasteiger partial charge on any atom is 0.434 e. The summed E-state index contributed by atoms with van der Waals surface area (Å²) in [7, 11) is 1.43. The van der Waals surface area contributed by atoms with Crippen molar-refractivity contribution in [2.45, 2.75) is 25.8 Å². The molecule has 1 aromatic heterocycles. The van der Waals surface area contributed by atoms with Crippen molar-refractivity contribution in [1.29, 1.82) is 0 Å². The van der Waals surface area contributed by atoms with E-state index in [1.165, 1.54) is 19.2 Å². The predicted molar refractivity (Wildman–Crippen MR) is 107 cm³/mol. The molecule has 2 N–H and O–H groups in total. The zero-order chi connectivity index (χ0) is 20.7. The molecule has 0 unspecified atom stereocenters. The van der Waals surface area contributed by atoms with Crippen molar-refractivity contribution < 1.29 is 31.1 Å².